The van der Waals surface area contributed by atoms with Gasteiger partial charge in [0, 0.05) is 31.1 Å². The molecule has 1 aliphatic rings. The van der Waals surface area contributed by atoms with Crippen LogP contribution in [0.2, 0.25) is 5.02 Å². The summed E-state index contributed by atoms with van der Waals surface area (Å²) >= 11 is 5.88. The van der Waals surface area contributed by atoms with Crippen molar-refractivity contribution in [2.45, 2.75) is 43.4 Å². The van der Waals surface area contributed by atoms with Crippen LogP contribution in [-0.4, -0.2) is 45.4 Å². The van der Waals surface area contributed by atoms with Crippen molar-refractivity contribution in [3.63, 3.8) is 0 Å². The first-order valence-electron chi connectivity index (χ1n) is 10.6. The number of nitrogens with zero attached hydrogens (tertiary/aromatic N) is 1. The van der Waals surface area contributed by atoms with Crippen LogP contribution < -0.4 is 10.1 Å². The molecule has 0 aliphatic carbocycles. The molecule has 1 saturated heterocycles. The normalized spacial score (nSPS) is 14.9. The number of hydrogen-bond donors (Lipinski definition) is 1. The molecule has 0 aromatic heterocycles. The van der Waals surface area contributed by atoms with Crippen molar-refractivity contribution in [1.82, 2.24) is 9.62 Å². The lowest BCUT2D eigenvalue weighted by Gasteiger charge is -2.26. The summed E-state index contributed by atoms with van der Waals surface area (Å²) in [7, 11) is -1.98. The molecule has 31 heavy (non-hydrogen) atoms. The summed E-state index contributed by atoms with van der Waals surface area (Å²) in [5.74, 6) is 0.506. The molecule has 3 rings (SSSR count). The van der Waals surface area contributed by atoms with E-state index in [1.807, 2.05) is 24.3 Å². The minimum absolute atomic E-state index is 0.0830. The first-order valence-corrected chi connectivity index (χ1v) is 12.4. The first-order chi connectivity index (χ1) is 14.9. The van der Waals surface area contributed by atoms with Crippen LogP contribution in [-0.2, 0) is 27.7 Å². The zero-order valence-electron chi connectivity index (χ0n) is 17.8. The van der Waals surface area contributed by atoms with Gasteiger partial charge >= 0.3 is 0 Å². The Labute approximate surface area is 189 Å². The second-order valence-corrected chi connectivity index (χ2v) is 10.0. The molecule has 6 nitrogen and oxygen atoms in total. The van der Waals surface area contributed by atoms with Gasteiger partial charge in [-0.1, -0.05) is 30.2 Å². The summed E-state index contributed by atoms with van der Waals surface area (Å²) in [5.41, 5.74) is 1.82. The van der Waals surface area contributed by atoms with Crippen molar-refractivity contribution < 1.29 is 17.9 Å². The summed E-state index contributed by atoms with van der Waals surface area (Å²) in [6.45, 7) is 1.64. The quantitative estimate of drug-likeness (QED) is 0.612. The van der Waals surface area contributed by atoms with E-state index < -0.39 is 10.0 Å². The summed E-state index contributed by atoms with van der Waals surface area (Å²) < 4.78 is 32.9. The fraction of sp³-hybridized carbons (Fsp3) is 0.435. The number of nitrogens with one attached hydrogen (secondary N) is 1. The Kier molecular flexibility index (Phi) is 8.35. The average Bonchev–Trinajstić information content (AvgIpc) is 2.79. The average molecular weight is 465 g/mol. The van der Waals surface area contributed by atoms with Gasteiger partial charge in [-0.2, -0.15) is 4.31 Å². The molecule has 8 heteroatoms. The number of halogens is 1. The number of hydrogen-bond acceptors (Lipinski definition) is 4. The highest BCUT2D eigenvalue weighted by Crippen LogP contribution is 2.27. The van der Waals surface area contributed by atoms with E-state index in [9.17, 15) is 13.2 Å². The Balaban J connectivity index is 1.59. The van der Waals surface area contributed by atoms with Crippen LogP contribution in [0.3, 0.4) is 0 Å². The predicted octanol–water partition coefficient (Wildman–Crippen LogP) is 3.81. The van der Waals surface area contributed by atoms with Gasteiger partial charge < -0.3 is 10.1 Å². The molecule has 1 heterocycles. The van der Waals surface area contributed by atoms with Gasteiger partial charge in [0.2, 0.25) is 15.9 Å². The Morgan fingerprint density at radius 1 is 1.06 bits per heavy atom. The molecular formula is C23H29ClN2O4S. The number of rotatable bonds is 9. The van der Waals surface area contributed by atoms with E-state index in [0.717, 1.165) is 31.2 Å². The van der Waals surface area contributed by atoms with E-state index in [-0.39, 0.29) is 17.2 Å². The fourth-order valence-electron chi connectivity index (χ4n) is 3.70. The topological polar surface area (TPSA) is 75.7 Å². The van der Waals surface area contributed by atoms with Crippen LogP contribution in [0.1, 0.15) is 36.8 Å². The summed E-state index contributed by atoms with van der Waals surface area (Å²) in [6.07, 6.45) is 4.21. The van der Waals surface area contributed by atoms with Crippen molar-refractivity contribution in [2.24, 2.45) is 0 Å². The van der Waals surface area contributed by atoms with Gasteiger partial charge in [0.05, 0.1) is 12.0 Å². The number of methoxy groups -OCH3 is 1. The van der Waals surface area contributed by atoms with Crippen molar-refractivity contribution in [2.75, 3.05) is 26.7 Å². The van der Waals surface area contributed by atoms with Crippen LogP contribution in [0.4, 0.5) is 0 Å². The number of sulfonamides is 1. The predicted molar refractivity (Wildman–Crippen MR) is 122 cm³/mol. The van der Waals surface area contributed by atoms with Crippen LogP contribution in [0, 0.1) is 0 Å². The molecular weight excluding hydrogens is 436 g/mol. The maximum absolute atomic E-state index is 13.0. The number of benzene rings is 2. The summed E-state index contributed by atoms with van der Waals surface area (Å²) in [4.78, 5) is 12.5. The second kappa shape index (κ2) is 11.0. The minimum atomic E-state index is -3.53. The first kappa shape index (κ1) is 23.6. The lowest BCUT2D eigenvalue weighted by Crippen LogP contribution is -2.35. The Morgan fingerprint density at radius 2 is 1.77 bits per heavy atom. The van der Waals surface area contributed by atoms with E-state index in [2.05, 4.69) is 5.32 Å². The second-order valence-electron chi connectivity index (χ2n) is 7.66. The highest BCUT2D eigenvalue weighted by Gasteiger charge is 2.26. The van der Waals surface area contributed by atoms with Gasteiger partial charge in [0.15, 0.2) is 0 Å². The molecule has 0 saturated carbocycles. The SMILES string of the molecule is COc1ccc(S(=O)(=O)N2CCCCC2)cc1CCC(=O)NCCc1ccc(Cl)cc1. The molecule has 0 bridgehead atoms. The third kappa shape index (κ3) is 6.45. The molecule has 0 spiro atoms. The lowest BCUT2D eigenvalue weighted by molar-refractivity contribution is -0.121. The Hall–Kier alpha value is -2.09. The van der Waals surface area contributed by atoms with Crippen molar-refractivity contribution in [1.29, 1.82) is 0 Å². The molecule has 1 aliphatic heterocycles. The van der Waals surface area contributed by atoms with Gasteiger partial charge in [0.25, 0.3) is 0 Å². The number of amides is 1. The van der Waals surface area contributed by atoms with E-state index in [4.69, 9.17) is 16.3 Å². The largest absolute Gasteiger partial charge is 0.496 e. The summed E-state index contributed by atoms with van der Waals surface area (Å²) in [6, 6.07) is 12.4. The van der Waals surface area contributed by atoms with Crippen LogP contribution in [0.5, 0.6) is 5.75 Å². The molecule has 2 aromatic rings. The van der Waals surface area contributed by atoms with E-state index >= 15 is 0 Å². The smallest absolute Gasteiger partial charge is 0.243 e. The van der Waals surface area contributed by atoms with Crippen LogP contribution in [0.15, 0.2) is 47.4 Å². The number of piperidine rings is 1. The third-order valence-electron chi connectivity index (χ3n) is 5.48. The molecule has 1 fully saturated rings. The molecule has 168 valence electrons. The van der Waals surface area contributed by atoms with Crippen molar-refractivity contribution in [3.8, 4) is 5.75 Å². The number of aryl methyl sites for hydroxylation is 1. The zero-order valence-corrected chi connectivity index (χ0v) is 19.3. The van der Waals surface area contributed by atoms with Crippen LogP contribution in [0.25, 0.3) is 0 Å². The number of carbonyl (C=O) groups excluding carboxylic acids is 1. The van der Waals surface area contributed by atoms with E-state index in [1.165, 1.54) is 0 Å². The number of ether oxygens (including phenoxy) is 1. The Bertz CT molecular complexity index is 987. The van der Waals surface area contributed by atoms with Crippen molar-refractivity contribution in [3.05, 3.63) is 58.6 Å². The maximum atomic E-state index is 13.0. The van der Waals surface area contributed by atoms with Gasteiger partial charge in [-0.05, 0) is 67.1 Å². The van der Waals surface area contributed by atoms with E-state index in [1.54, 1.807) is 29.6 Å². The zero-order chi connectivity index (χ0) is 22.3. The number of carbonyl (C=O) groups is 1. The molecule has 2 aromatic carbocycles. The molecule has 0 radical (unpaired) electrons. The molecule has 0 unspecified atom stereocenters. The fourth-order valence-corrected chi connectivity index (χ4v) is 5.39. The molecule has 1 N–H and O–H groups in total. The van der Waals surface area contributed by atoms with E-state index in [0.29, 0.717) is 42.4 Å². The van der Waals surface area contributed by atoms with Gasteiger partial charge in [-0.3, -0.25) is 4.79 Å². The monoisotopic (exact) mass is 464 g/mol. The summed E-state index contributed by atoms with van der Waals surface area (Å²) in [5, 5.41) is 3.60. The highest BCUT2D eigenvalue weighted by atomic mass is 35.5. The lowest BCUT2D eigenvalue weighted by atomic mass is 10.1. The minimum Gasteiger partial charge on any atom is -0.496 e. The molecule has 1 amide bonds. The van der Waals surface area contributed by atoms with Crippen molar-refractivity contribution >= 4 is 27.5 Å². The third-order valence-corrected chi connectivity index (χ3v) is 7.62. The highest BCUT2D eigenvalue weighted by molar-refractivity contribution is 7.89. The standard InChI is InChI=1S/C23H29ClN2O4S/c1-30-22-11-10-21(31(28,29)26-15-3-2-4-16-26)17-19(22)7-12-23(27)25-14-13-18-5-8-20(24)9-6-18/h5-6,8-11,17H,2-4,7,12-16H2,1H3,(H,25,27). The van der Waals surface area contributed by atoms with Gasteiger partial charge in [0.1, 0.15) is 5.75 Å². The maximum Gasteiger partial charge on any atom is 0.243 e. The van der Waals surface area contributed by atoms with Gasteiger partial charge in [-0.15, -0.1) is 0 Å². The van der Waals surface area contributed by atoms with Gasteiger partial charge in [-0.25, -0.2) is 8.42 Å². The Morgan fingerprint density at radius 3 is 2.45 bits per heavy atom. The van der Waals surface area contributed by atoms with Crippen LogP contribution >= 0.6 is 11.6 Å². The molecule has 0 atom stereocenters.